The second-order valence-electron chi connectivity index (χ2n) is 1.61. The zero-order valence-electron chi connectivity index (χ0n) is 4.46. The van der Waals surface area contributed by atoms with Gasteiger partial charge in [0.2, 0.25) is 0 Å². The van der Waals surface area contributed by atoms with Gasteiger partial charge in [-0.2, -0.15) is 0 Å². The van der Waals surface area contributed by atoms with Crippen molar-refractivity contribution in [2.75, 3.05) is 0 Å². The predicted octanol–water partition coefficient (Wildman–Crippen LogP) is 1.75. The molecule has 0 aliphatic heterocycles. The fourth-order valence-corrected chi connectivity index (χ4v) is 0.564. The van der Waals surface area contributed by atoms with Crippen LogP contribution in [0, 0.1) is 6.08 Å². The van der Waals surface area contributed by atoms with E-state index in [1.54, 1.807) is 6.08 Å². The summed E-state index contributed by atoms with van der Waals surface area (Å²) in [6, 6.07) is 0. The highest BCUT2D eigenvalue weighted by Crippen LogP contribution is 2.06. The van der Waals surface area contributed by atoms with E-state index >= 15 is 0 Å². The van der Waals surface area contributed by atoms with Crippen molar-refractivity contribution in [1.29, 1.82) is 0 Å². The molecule has 0 saturated carbocycles. The van der Waals surface area contributed by atoms with Crippen LogP contribution >= 0.6 is 0 Å². The summed E-state index contributed by atoms with van der Waals surface area (Å²) in [5.74, 6) is 0. The molecule has 0 aromatic heterocycles. The maximum atomic E-state index is 8.43. The molecule has 0 spiro atoms. The molecule has 0 saturated heterocycles. The van der Waals surface area contributed by atoms with E-state index < -0.39 is 0 Å². The Labute approximate surface area is 48.6 Å². The van der Waals surface area contributed by atoms with Crippen LogP contribution in [0.1, 0.15) is 6.42 Å². The smallest absolute Gasteiger partial charge is 0.0826 e. The van der Waals surface area contributed by atoms with E-state index in [2.05, 4.69) is 6.08 Å². The third kappa shape index (κ3) is 0.997. The third-order valence-corrected chi connectivity index (χ3v) is 1.02. The van der Waals surface area contributed by atoms with Gasteiger partial charge >= 0.3 is 0 Å². The van der Waals surface area contributed by atoms with E-state index in [0.29, 0.717) is 0 Å². The summed E-state index contributed by atoms with van der Waals surface area (Å²) in [5, 5.41) is 8.43. The Hall–Kier alpha value is -0.980. The molecule has 1 radical (unpaired) electrons. The second-order valence-corrected chi connectivity index (χ2v) is 1.61. The molecule has 1 N–H and O–H groups in total. The summed E-state index contributed by atoms with van der Waals surface area (Å²) in [5.41, 5.74) is 0.934. The first-order chi connectivity index (χ1) is 3.93. The Morgan fingerprint density at radius 1 is 1.75 bits per heavy atom. The Morgan fingerprint density at radius 3 is 3.00 bits per heavy atom. The minimum absolute atomic E-state index is 0.799. The van der Waals surface area contributed by atoms with Crippen LogP contribution in [0.2, 0.25) is 0 Å². The van der Waals surface area contributed by atoms with Crippen molar-refractivity contribution < 1.29 is 5.11 Å². The Bertz CT molecular complexity index is 152. The number of aliphatic hydroxyl groups is 1. The summed E-state index contributed by atoms with van der Waals surface area (Å²) < 4.78 is 0. The highest BCUT2D eigenvalue weighted by Gasteiger charge is 1.90. The lowest BCUT2D eigenvalue weighted by molar-refractivity contribution is 0.468. The van der Waals surface area contributed by atoms with Crippen LogP contribution in [0.5, 0.6) is 0 Å². The second kappa shape index (κ2) is 2.36. The first-order valence-electron chi connectivity index (χ1n) is 2.51. The van der Waals surface area contributed by atoms with Gasteiger partial charge in [0, 0.05) is 0 Å². The lowest BCUT2D eigenvalue weighted by atomic mass is 10.1. The van der Waals surface area contributed by atoms with Crippen molar-refractivity contribution in [3.05, 3.63) is 36.1 Å². The molecular formula is C7H7O. The molecule has 1 nitrogen and oxygen atoms in total. The summed E-state index contributed by atoms with van der Waals surface area (Å²) in [6.07, 6.45) is 10.3. The molecule has 41 valence electrons. The molecule has 0 unspecified atom stereocenters. The van der Waals surface area contributed by atoms with Gasteiger partial charge in [-0.1, -0.05) is 18.2 Å². The molecule has 0 aromatic rings. The average molecular weight is 107 g/mol. The topological polar surface area (TPSA) is 20.2 Å². The van der Waals surface area contributed by atoms with Crippen molar-refractivity contribution in [3.8, 4) is 0 Å². The van der Waals surface area contributed by atoms with Gasteiger partial charge < -0.3 is 5.11 Å². The van der Waals surface area contributed by atoms with Crippen LogP contribution in [0.3, 0.4) is 0 Å². The summed E-state index contributed by atoms with van der Waals surface area (Å²) in [6.45, 7) is 0. The van der Waals surface area contributed by atoms with Crippen LogP contribution < -0.4 is 0 Å². The first-order valence-corrected chi connectivity index (χ1v) is 2.51. The average Bonchev–Trinajstić information content (AvgIpc) is 1.90. The molecule has 1 rings (SSSR count). The van der Waals surface area contributed by atoms with Crippen LogP contribution in [0.4, 0.5) is 0 Å². The van der Waals surface area contributed by atoms with Crippen molar-refractivity contribution in [1.82, 2.24) is 0 Å². The van der Waals surface area contributed by atoms with Gasteiger partial charge in [0.15, 0.2) is 0 Å². The van der Waals surface area contributed by atoms with E-state index in [4.69, 9.17) is 5.11 Å². The quantitative estimate of drug-likeness (QED) is 0.467. The lowest BCUT2D eigenvalue weighted by Gasteiger charge is -1.95. The SMILES string of the molecule is OC=C1C=C[C]=CC1. The molecule has 0 amide bonds. The number of allylic oxidation sites excluding steroid dienone is 5. The molecule has 1 aliphatic rings. The summed E-state index contributed by atoms with van der Waals surface area (Å²) in [4.78, 5) is 0. The van der Waals surface area contributed by atoms with E-state index in [0.717, 1.165) is 18.3 Å². The maximum Gasteiger partial charge on any atom is 0.0826 e. The highest BCUT2D eigenvalue weighted by atomic mass is 16.2. The van der Waals surface area contributed by atoms with Gasteiger partial charge in [-0.3, -0.25) is 0 Å². The minimum Gasteiger partial charge on any atom is -0.515 e. The van der Waals surface area contributed by atoms with Gasteiger partial charge in [0.1, 0.15) is 0 Å². The fraction of sp³-hybridized carbons (Fsp3) is 0.143. The van der Waals surface area contributed by atoms with Crippen LogP contribution in [0.25, 0.3) is 0 Å². The molecular weight excluding hydrogens is 100 g/mol. The van der Waals surface area contributed by atoms with Crippen molar-refractivity contribution in [3.63, 3.8) is 0 Å². The zero-order chi connectivity index (χ0) is 5.82. The molecule has 8 heavy (non-hydrogen) atoms. The maximum absolute atomic E-state index is 8.43. The number of hydrogen-bond donors (Lipinski definition) is 1. The van der Waals surface area contributed by atoms with E-state index in [9.17, 15) is 0 Å². The summed E-state index contributed by atoms with van der Waals surface area (Å²) >= 11 is 0. The largest absolute Gasteiger partial charge is 0.515 e. The van der Waals surface area contributed by atoms with Gasteiger partial charge in [0.25, 0.3) is 0 Å². The monoisotopic (exact) mass is 107 g/mol. The fourth-order valence-electron chi connectivity index (χ4n) is 0.564. The van der Waals surface area contributed by atoms with Crippen LogP contribution in [-0.4, -0.2) is 5.11 Å². The van der Waals surface area contributed by atoms with Crippen LogP contribution in [0.15, 0.2) is 30.1 Å². The zero-order valence-corrected chi connectivity index (χ0v) is 4.46. The van der Waals surface area contributed by atoms with Gasteiger partial charge in [-0.25, -0.2) is 0 Å². The van der Waals surface area contributed by atoms with Crippen molar-refractivity contribution in [2.45, 2.75) is 6.42 Å². The van der Waals surface area contributed by atoms with Gasteiger partial charge in [-0.15, -0.1) is 0 Å². The molecule has 0 aromatic carbocycles. The van der Waals surface area contributed by atoms with Gasteiger partial charge in [-0.05, 0) is 18.1 Å². The predicted molar refractivity (Wildman–Crippen MR) is 32.3 cm³/mol. The number of aliphatic hydroxyl groups excluding tert-OH is 1. The highest BCUT2D eigenvalue weighted by molar-refractivity contribution is 5.25. The number of hydrogen-bond acceptors (Lipinski definition) is 1. The molecule has 1 aliphatic carbocycles. The standard InChI is InChI=1S/C7H7O/c8-6-7-4-2-1-3-5-7/h2-4,6,8H,5H2. The van der Waals surface area contributed by atoms with Crippen molar-refractivity contribution >= 4 is 0 Å². The Kier molecular flexibility index (Phi) is 1.52. The third-order valence-electron chi connectivity index (χ3n) is 1.02. The minimum atomic E-state index is 0.799. The van der Waals surface area contributed by atoms with Gasteiger partial charge in [0.05, 0.1) is 6.26 Å². The Balaban J connectivity index is 2.66. The molecule has 1 heteroatoms. The number of rotatable bonds is 0. The summed E-state index contributed by atoms with van der Waals surface area (Å²) in [7, 11) is 0. The normalized spacial score (nSPS) is 22.2. The molecule has 0 heterocycles. The molecule has 0 atom stereocenters. The van der Waals surface area contributed by atoms with Crippen LogP contribution in [-0.2, 0) is 0 Å². The van der Waals surface area contributed by atoms with Crippen molar-refractivity contribution in [2.24, 2.45) is 0 Å². The molecule has 0 bridgehead atoms. The molecule has 0 fully saturated rings. The lowest BCUT2D eigenvalue weighted by Crippen LogP contribution is -1.78. The Morgan fingerprint density at radius 2 is 2.62 bits per heavy atom. The first kappa shape index (κ1) is 5.16. The van der Waals surface area contributed by atoms with E-state index in [1.807, 2.05) is 12.2 Å². The van der Waals surface area contributed by atoms with E-state index in [-0.39, 0.29) is 0 Å². The van der Waals surface area contributed by atoms with E-state index in [1.165, 1.54) is 0 Å².